The van der Waals surface area contributed by atoms with Crippen molar-refractivity contribution >= 4 is 5.97 Å². The Morgan fingerprint density at radius 2 is 2.00 bits per heavy atom. The minimum Gasteiger partial charge on any atom is -0.497 e. The van der Waals surface area contributed by atoms with Crippen LogP contribution in [0.4, 0.5) is 0 Å². The van der Waals surface area contributed by atoms with E-state index in [1.807, 2.05) is 24.3 Å². The second-order valence-corrected chi connectivity index (χ2v) is 3.99. The largest absolute Gasteiger partial charge is 0.497 e. The van der Waals surface area contributed by atoms with E-state index in [0.717, 1.165) is 17.7 Å². The van der Waals surface area contributed by atoms with Crippen LogP contribution in [0.15, 0.2) is 42.6 Å². The molecule has 1 N–H and O–H groups in total. The number of aromatic carboxylic acids is 1. The Morgan fingerprint density at radius 3 is 2.61 bits per heavy atom. The summed E-state index contributed by atoms with van der Waals surface area (Å²) in [5.74, 6) is -0.0688. The number of methoxy groups -OCH3 is 1. The normalized spacial score (nSPS) is 10.3. The van der Waals surface area contributed by atoms with Gasteiger partial charge in [-0.15, -0.1) is 0 Å². The van der Waals surface area contributed by atoms with E-state index in [-0.39, 0.29) is 0 Å². The maximum Gasteiger partial charge on any atom is 0.352 e. The molecule has 4 nitrogen and oxygen atoms in total. The predicted octanol–water partition coefficient (Wildman–Crippen LogP) is 2.44. The Balaban J connectivity index is 2.02. The highest BCUT2D eigenvalue weighted by molar-refractivity contribution is 5.85. The number of carbonyl (C=O) groups is 1. The van der Waals surface area contributed by atoms with Crippen LogP contribution in [0, 0.1) is 0 Å². The lowest BCUT2D eigenvalue weighted by molar-refractivity contribution is 0.0685. The highest BCUT2D eigenvalue weighted by atomic mass is 16.5. The molecule has 0 radical (unpaired) electrons. The minimum atomic E-state index is -0.894. The number of carboxylic acids is 1. The van der Waals surface area contributed by atoms with E-state index in [4.69, 9.17) is 9.84 Å². The standard InChI is InChI=1S/C14H15NO3/c1-18-12-6-4-11(5-7-12)8-10-15-9-2-3-13(15)14(16)17/h2-7,9H,8,10H2,1H3,(H,16,17). The third-order valence-electron chi connectivity index (χ3n) is 2.85. The van der Waals surface area contributed by atoms with Crippen LogP contribution in [0.5, 0.6) is 5.75 Å². The maximum atomic E-state index is 10.9. The van der Waals surface area contributed by atoms with Crippen molar-refractivity contribution in [3.63, 3.8) is 0 Å². The number of ether oxygens (including phenoxy) is 1. The van der Waals surface area contributed by atoms with Gasteiger partial charge in [0.1, 0.15) is 11.4 Å². The lowest BCUT2D eigenvalue weighted by Crippen LogP contribution is -2.09. The van der Waals surface area contributed by atoms with Gasteiger partial charge >= 0.3 is 5.97 Å². The molecule has 0 saturated heterocycles. The number of nitrogens with zero attached hydrogens (tertiary/aromatic N) is 1. The molecule has 1 aromatic carbocycles. The van der Waals surface area contributed by atoms with Gasteiger partial charge in [0, 0.05) is 12.7 Å². The second kappa shape index (κ2) is 5.40. The van der Waals surface area contributed by atoms with Gasteiger partial charge in [0.15, 0.2) is 0 Å². The zero-order chi connectivity index (χ0) is 13.0. The second-order valence-electron chi connectivity index (χ2n) is 3.99. The van der Waals surface area contributed by atoms with Crippen LogP contribution in [0.1, 0.15) is 16.1 Å². The smallest absolute Gasteiger partial charge is 0.352 e. The van der Waals surface area contributed by atoms with Crippen molar-refractivity contribution in [1.29, 1.82) is 0 Å². The van der Waals surface area contributed by atoms with Crippen LogP contribution in [-0.2, 0) is 13.0 Å². The lowest BCUT2D eigenvalue weighted by Gasteiger charge is -2.07. The van der Waals surface area contributed by atoms with Crippen LogP contribution in [0.3, 0.4) is 0 Å². The van der Waals surface area contributed by atoms with Gasteiger partial charge < -0.3 is 14.4 Å². The number of carboxylic acid groups (broad SMARTS) is 1. The van der Waals surface area contributed by atoms with Crippen LogP contribution < -0.4 is 4.74 Å². The van der Waals surface area contributed by atoms with E-state index in [1.54, 1.807) is 30.0 Å². The fraction of sp³-hybridized carbons (Fsp3) is 0.214. The molecule has 0 saturated carbocycles. The third-order valence-corrected chi connectivity index (χ3v) is 2.85. The summed E-state index contributed by atoms with van der Waals surface area (Å²) in [5, 5.41) is 8.98. The molecule has 0 aliphatic rings. The minimum absolute atomic E-state index is 0.323. The first-order chi connectivity index (χ1) is 8.70. The summed E-state index contributed by atoms with van der Waals surface area (Å²) in [6.45, 7) is 0.654. The van der Waals surface area contributed by atoms with Crippen molar-refractivity contribution < 1.29 is 14.6 Å². The quantitative estimate of drug-likeness (QED) is 0.880. The molecular formula is C14H15NO3. The molecule has 2 aromatic rings. The molecule has 0 amide bonds. The monoisotopic (exact) mass is 245 g/mol. The molecule has 0 bridgehead atoms. The number of aryl methyl sites for hydroxylation is 2. The van der Waals surface area contributed by atoms with Gasteiger partial charge in [0.2, 0.25) is 0 Å². The Bertz CT molecular complexity index is 528. The van der Waals surface area contributed by atoms with Crippen LogP contribution in [-0.4, -0.2) is 22.8 Å². The lowest BCUT2D eigenvalue weighted by atomic mass is 10.1. The molecule has 0 atom stereocenters. The fourth-order valence-electron chi connectivity index (χ4n) is 1.84. The summed E-state index contributed by atoms with van der Waals surface area (Å²) in [5.41, 5.74) is 1.48. The van der Waals surface area contributed by atoms with E-state index < -0.39 is 5.97 Å². The molecule has 0 spiro atoms. The fourth-order valence-corrected chi connectivity index (χ4v) is 1.84. The summed E-state index contributed by atoms with van der Waals surface area (Å²) >= 11 is 0. The van der Waals surface area contributed by atoms with E-state index in [9.17, 15) is 4.79 Å². The molecule has 0 aliphatic heterocycles. The molecule has 0 unspecified atom stereocenters. The van der Waals surface area contributed by atoms with Gasteiger partial charge in [-0.3, -0.25) is 0 Å². The molecule has 4 heteroatoms. The van der Waals surface area contributed by atoms with E-state index in [1.165, 1.54) is 0 Å². The van der Waals surface area contributed by atoms with Crippen molar-refractivity contribution in [2.45, 2.75) is 13.0 Å². The molecule has 94 valence electrons. The first-order valence-electron chi connectivity index (χ1n) is 5.72. The zero-order valence-electron chi connectivity index (χ0n) is 10.2. The van der Waals surface area contributed by atoms with Crippen molar-refractivity contribution in [2.75, 3.05) is 7.11 Å². The van der Waals surface area contributed by atoms with Gasteiger partial charge in [0.05, 0.1) is 7.11 Å². The predicted molar refractivity (Wildman–Crippen MR) is 68.1 cm³/mol. The maximum absolute atomic E-state index is 10.9. The number of hydrogen-bond donors (Lipinski definition) is 1. The van der Waals surface area contributed by atoms with Gasteiger partial charge in [0.25, 0.3) is 0 Å². The Morgan fingerprint density at radius 1 is 1.28 bits per heavy atom. The topological polar surface area (TPSA) is 51.5 Å². The zero-order valence-corrected chi connectivity index (χ0v) is 10.2. The average Bonchev–Trinajstić information content (AvgIpc) is 2.85. The van der Waals surface area contributed by atoms with Gasteiger partial charge in [-0.05, 0) is 36.2 Å². The summed E-state index contributed by atoms with van der Waals surface area (Å²) in [7, 11) is 1.63. The van der Waals surface area contributed by atoms with Crippen molar-refractivity contribution in [3.8, 4) is 5.75 Å². The number of rotatable bonds is 5. The number of benzene rings is 1. The average molecular weight is 245 g/mol. The number of hydrogen-bond acceptors (Lipinski definition) is 2. The van der Waals surface area contributed by atoms with Crippen molar-refractivity contribution in [3.05, 3.63) is 53.9 Å². The highest BCUT2D eigenvalue weighted by Crippen LogP contribution is 2.13. The Labute approximate surface area is 105 Å². The Kier molecular flexibility index (Phi) is 3.67. The first kappa shape index (κ1) is 12.2. The molecule has 1 heterocycles. The van der Waals surface area contributed by atoms with Crippen molar-refractivity contribution in [2.24, 2.45) is 0 Å². The van der Waals surface area contributed by atoms with Crippen LogP contribution in [0.25, 0.3) is 0 Å². The molecule has 1 aromatic heterocycles. The molecular weight excluding hydrogens is 230 g/mol. The first-order valence-corrected chi connectivity index (χ1v) is 5.72. The summed E-state index contributed by atoms with van der Waals surface area (Å²) in [4.78, 5) is 10.9. The SMILES string of the molecule is COc1ccc(CCn2cccc2C(=O)O)cc1. The van der Waals surface area contributed by atoms with Gasteiger partial charge in [-0.2, -0.15) is 0 Å². The summed E-state index contributed by atoms with van der Waals surface area (Å²) in [6, 6.07) is 11.1. The highest BCUT2D eigenvalue weighted by Gasteiger charge is 2.07. The van der Waals surface area contributed by atoms with E-state index in [2.05, 4.69) is 0 Å². The van der Waals surface area contributed by atoms with Crippen LogP contribution >= 0.6 is 0 Å². The summed E-state index contributed by atoms with van der Waals surface area (Å²) < 4.78 is 6.83. The molecule has 2 rings (SSSR count). The molecule has 0 fully saturated rings. The molecule has 0 aliphatic carbocycles. The Hall–Kier alpha value is -2.23. The van der Waals surface area contributed by atoms with Gasteiger partial charge in [-0.1, -0.05) is 12.1 Å². The van der Waals surface area contributed by atoms with E-state index >= 15 is 0 Å². The van der Waals surface area contributed by atoms with E-state index in [0.29, 0.717) is 12.2 Å². The molecule has 18 heavy (non-hydrogen) atoms. The number of aromatic nitrogens is 1. The third kappa shape index (κ3) is 2.71. The van der Waals surface area contributed by atoms with Crippen molar-refractivity contribution in [1.82, 2.24) is 4.57 Å². The van der Waals surface area contributed by atoms with Crippen LogP contribution in [0.2, 0.25) is 0 Å². The van der Waals surface area contributed by atoms with Gasteiger partial charge in [-0.25, -0.2) is 4.79 Å². The summed E-state index contributed by atoms with van der Waals surface area (Å²) in [6.07, 6.45) is 2.58.